The number of fused-ring (bicyclic) bond motifs is 1. The lowest BCUT2D eigenvalue weighted by Gasteiger charge is -2.13. The third-order valence-electron chi connectivity index (χ3n) is 4.78. The molecule has 4 aromatic rings. The van der Waals surface area contributed by atoms with Gasteiger partial charge in [-0.15, -0.1) is 0 Å². The number of nitrogens with zero attached hydrogens (tertiary/aromatic N) is 2. The number of para-hydroxylation sites is 1. The van der Waals surface area contributed by atoms with Gasteiger partial charge in [-0.05, 0) is 26.0 Å². The predicted octanol–water partition coefficient (Wildman–Crippen LogP) is 4.33. The van der Waals surface area contributed by atoms with Gasteiger partial charge in [0.25, 0.3) is 0 Å². The van der Waals surface area contributed by atoms with E-state index in [0.29, 0.717) is 34.0 Å². The lowest BCUT2D eigenvalue weighted by molar-refractivity contribution is 0.229. The second-order valence-electron chi connectivity index (χ2n) is 6.52. The molecule has 2 heterocycles. The van der Waals surface area contributed by atoms with Crippen molar-refractivity contribution in [3.8, 4) is 28.1 Å². The summed E-state index contributed by atoms with van der Waals surface area (Å²) in [6, 6.07) is 8.41. The normalized spacial score (nSPS) is 11.2. The molecule has 4 N–H and O–H groups in total. The van der Waals surface area contributed by atoms with Gasteiger partial charge in [0.2, 0.25) is 5.96 Å². The molecule has 0 atom stereocenters. The summed E-state index contributed by atoms with van der Waals surface area (Å²) in [6.45, 7) is 3.34. The van der Waals surface area contributed by atoms with Gasteiger partial charge < -0.3 is 9.63 Å². The van der Waals surface area contributed by atoms with E-state index in [1.165, 1.54) is 4.57 Å². The van der Waals surface area contributed by atoms with Crippen molar-refractivity contribution < 1.29 is 23.6 Å². The van der Waals surface area contributed by atoms with Crippen LogP contribution in [0.25, 0.3) is 33.3 Å². The van der Waals surface area contributed by atoms with Gasteiger partial charge in [0, 0.05) is 22.6 Å². The van der Waals surface area contributed by atoms with Gasteiger partial charge in [0.15, 0.2) is 11.6 Å². The summed E-state index contributed by atoms with van der Waals surface area (Å²) in [7, 11) is 0. The van der Waals surface area contributed by atoms with Crippen molar-refractivity contribution in [2.75, 3.05) is 0 Å². The maximum atomic E-state index is 14.9. The first-order chi connectivity index (χ1) is 13.8. The molecule has 9 heteroatoms. The van der Waals surface area contributed by atoms with Gasteiger partial charge in [-0.2, -0.15) is 0 Å². The molecule has 0 fully saturated rings. The van der Waals surface area contributed by atoms with Gasteiger partial charge in [-0.3, -0.25) is 15.2 Å². The number of hydrogen-bond acceptors (Lipinski definition) is 5. The van der Waals surface area contributed by atoms with Crippen LogP contribution < -0.4 is 5.48 Å². The molecule has 0 aliphatic rings. The lowest BCUT2D eigenvalue weighted by Crippen LogP contribution is -2.26. The van der Waals surface area contributed by atoms with Crippen LogP contribution in [0.5, 0.6) is 5.75 Å². The SMILES string of the molecule is Cc1noc(C)c1-c1c(-c2cc(F)c(O)cc2F)c2ccccc2n1C(=N)NO. The third kappa shape index (κ3) is 2.74. The average Bonchev–Trinajstić information content (AvgIpc) is 3.20. The molecule has 0 radical (unpaired) electrons. The van der Waals surface area contributed by atoms with Gasteiger partial charge in [-0.1, -0.05) is 23.4 Å². The first-order valence-corrected chi connectivity index (χ1v) is 8.59. The number of halogens is 2. The van der Waals surface area contributed by atoms with Crippen LogP contribution in [-0.4, -0.2) is 26.0 Å². The summed E-state index contributed by atoms with van der Waals surface area (Å²) in [4.78, 5) is 0. The second kappa shape index (κ2) is 6.71. The van der Waals surface area contributed by atoms with Gasteiger partial charge in [0.05, 0.1) is 22.5 Å². The smallest absolute Gasteiger partial charge is 0.224 e. The molecule has 0 saturated heterocycles. The summed E-state index contributed by atoms with van der Waals surface area (Å²) < 4.78 is 35.6. The Kier molecular flexibility index (Phi) is 4.31. The van der Waals surface area contributed by atoms with E-state index in [4.69, 9.17) is 9.93 Å². The Morgan fingerprint density at radius 1 is 1.14 bits per heavy atom. The molecule has 7 nitrogen and oxygen atoms in total. The van der Waals surface area contributed by atoms with Crippen molar-refractivity contribution in [2.24, 2.45) is 0 Å². The first kappa shape index (κ1) is 18.6. The molecule has 0 unspecified atom stereocenters. The molecule has 2 aromatic heterocycles. The Labute approximate surface area is 163 Å². The van der Waals surface area contributed by atoms with E-state index in [-0.39, 0.29) is 16.8 Å². The highest BCUT2D eigenvalue weighted by atomic mass is 19.1. The standard InChI is InChI=1S/C20H16F2N4O3/c1-9-17(10(2)29-25-9)19-18(12-7-14(22)16(27)8-13(12)21)11-5-3-4-6-15(11)26(19)20(23)24-28/h3-8,27-28H,1-2H3,(H2,23,24). The van der Waals surface area contributed by atoms with Crippen LogP contribution in [0.4, 0.5) is 8.78 Å². The molecule has 2 aromatic carbocycles. The summed E-state index contributed by atoms with van der Waals surface area (Å²) in [5.41, 5.74) is 3.66. The number of hydroxylamine groups is 1. The molecule has 0 bridgehead atoms. The minimum absolute atomic E-state index is 0.115. The summed E-state index contributed by atoms with van der Waals surface area (Å²) in [5.74, 6) is -2.64. The molecule has 148 valence electrons. The summed E-state index contributed by atoms with van der Waals surface area (Å²) >= 11 is 0. The fraction of sp³-hybridized carbons (Fsp3) is 0.100. The monoisotopic (exact) mass is 398 g/mol. The van der Waals surface area contributed by atoms with Crippen LogP contribution in [0.1, 0.15) is 11.5 Å². The fourth-order valence-corrected chi connectivity index (χ4v) is 3.58. The number of phenols is 1. The highest BCUT2D eigenvalue weighted by molar-refractivity contribution is 6.10. The van der Waals surface area contributed by atoms with E-state index in [1.54, 1.807) is 43.6 Å². The Balaban J connectivity index is 2.25. The van der Waals surface area contributed by atoms with Crippen LogP contribution in [0.15, 0.2) is 40.9 Å². The number of benzene rings is 2. The zero-order valence-electron chi connectivity index (χ0n) is 15.4. The zero-order chi connectivity index (χ0) is 20.9. The van der Waals surface area contributed by atoms with E-state index >= 15 is 0 Å². The highest BCUT2D eigenvalue weighted by Crippen LogP contribution is 2.44. The number of hydrogen-bond donors (Lipinski definition) is 4. The molecule has 0 amide bonds. The highest BCUT2D eigenvalue weighted by Gasteiger charge is 2.28. The third-order valence-corrected chi connectivity index (χ3v) is 4.78. The van der Waals surface area contributed by atoms with E-state index in [0.717, 1.165) is 6.07 Å². The Hall–Kier alpha value is -3.72. The molecule has 0 spiro atoms. The number of aromatic hydroxyl groups is 1. The van der Waals surface area contributed by atoms with E-state index in [1.807, 2.05) is 0 Å². The molecular formula is C20H16F2N4O3. The van der Waals surface area contributed by atoms with Crippen LogP contribution in [0, 0.1) is 30.9 Å². The van der Waals surface area contributed by atoms with Crippen molar-refractivity contribution in [3.05, 3.63) is 59.5 Å². The largest absolute Gasteiger partial charge is 0.505 e. The van der Waals surface area contributed by atoms with E-state index < -0.39 is 23.3 Å². The number of aryl methyl sites for hydroxylation is 2. The summed E-state index contributed by atoms with van der Waals surface area (Å²) in [6.07, 6.45) is 0. The number of rotatable bonds is 2. The minimum atomic E-state index is -0.988. The average molecular weight is 398 g/mol. The predicted molar refractivity (Wildman–Crippen MR) is 102 cm³/mol. The first-order valence-electron chi connectivity index (χ1n) is 8.59. The second-order valence-corrected chi connectivity index (χ2v) is 6.52. The maximum absolute atomic E-state index is 14.9. The van der Waals surface area contributed by atoms with Crippen molar-refractivity contribution in [3.63, 3.8) is 0 Å². The maximum Gasteiger partial charge on any atom is 0.224 e. The van der Waals surface area contributed by atoms with Gasteiger partial charge >= 0.3 is 0 Å². The molecular weight excluding hydrogens is 382 g/mol. The van der Waals surface area contributed by atoms with Crippen molar-refractivity contribution in [1.29, 1.82) is 5.41 Å². The van der Waals surface area contributed by atoms with Crippen LogP contribution >= 0.6 is 0 Å². The molecule has 4 rings (SSSR count). The topological polar surface area (TPSA) is 107 Å². The quantitative estimate of drug-likeness (QED) is 0.228. The lowest BCUT2D eigenvalue weighted by atomic mass is 9.97. The number of aromatic nitrogens is 2. The zero-order valence-corrected chi connectivity index (χ0v) is 15.4. The number of phenolic OH excluding ortho intramolecular Hbond substituents is 1. The molecule has 0 aliphatic heterocycles. The Morgan fingerprint density at radius 2 is 1.86 bits per heavy atom. The Morgan fingerprint density at radius 3 is 2.52 bits per heavy atom. The van der Waals surface area contributed by atoms with Crippen LogP contribution in [-0.2, 0) is 0 Å². The van der Waals surface area contributed by atoms with Crippen molar-refractivity contribution in [1.82, 2.24) is 15.2 Å². The Bertz CT molecular complexity index is 1260. The number of nitrogens with one attached hydrogen (secondary N) is 2. The van der Waals surface area contributed by atoms with Gasteiger partial charge in [-0.25, -0.2) is 14.3 Å². The minimum Gasteiger partial charge on any atom is -0.505 e. The van der Waals surface area contributed by atoms with Crippen molar-refractivity contribution in [2.45, 2.75) is 13.8 Å². The van der Waals surface area contributed by atoms with Gasteiger partial charge in [0.1, 0.15) is 11.6 Å². The van der Waals surface area contributed by atoms with Crippen LogP contribution in [0.2, 0.25) is 0 Å². The molecule has 29 heavy (non-hydrogen) atoms. The van der Waals surface area contributed by atoms with E-state index in [2.05, 4.69) is 5.16 Å². The molecule has 0 saturated carbocycles. The fourth-order valence-electron chi connectivity index (χ4n) is 3.58. The van der Waals surface area contributed by atoms with Crippen molar-refractivity contribution >= 4 is 16.9 Å². The summed E-state index contributed by atoms with van der Waals surface area (Å²) in [5, 5.41) is 31.6. The molecule has 0 aliphatic carbocycles. The van der Waals surface area contributed by atoms with E-state index in [9.17, 15) is 19.1 Å². The van der Waals surface area contributed by atoms with Crippen LogP contribution in [0.3, 0.4) is 0 Å².